The second-order valence-corrected chi connectivity index (χ2v) is 15.4. The van der Waals surface area contributed by atoms with Crippen LogP contribution in [-0.4, -0.2) is 15.0 Å². The van der Waals surface area contributed by atoms with Crippen molar-refractivity contribution in [1.29, 1.82) is 0 Å². The van der Waals surface area contributed by atoms with Gasteiger partial charge in [-0.1, -0.05) is 79.2 Å². The summed E-state index contributed by atoms with van der Waals surface area (Å²) >= 11 is 0. The number of furan rings is 1. The van der Waals surface area contributed by atoms with Crippen LogP contribution in [-0.2, 0) is 63.8 Å². The molecule has 0 saturated heterocycles. The van der Waals surface area contributed by atoms with Gasteiger partial charge in [0, 0.05) is 54.7 Å². The smallest absolute Gasteiger partial charge is 0.500 e. The molecule has 0 atom stereocenters. The van der Waals surface area contributed by atoms with E-state index in [0.717, 1.165) is 42.9 Å². The van der Waals surface area contributed by atoms with Crippen molar-refractivity contribution in [2.45, 2.75) is 78.1 Å². The van der Waals surface area contributed by atoms with E-state index in [4.69, 9.17) is 15.4 Å². The van der Waals surface area contributed by atoms with Crippen molar-refractivity contribution in [2.75, 3.05) is 0 Å². The summed E-state index contributed by atoms with van der Waals surface area (Å²) in [5.74, 6) is -1.10. The van der Waals surface area contributed by atoms with E-state index in [-0.39, 0.29) is 70.4 Å². The van der Waals surface area contributed by atoms with Gasteiger partial charge >= 0.3 is 20.1 Å². The minimum Gasteiger partial charge on any atom is -0.500 e. The molecule has 0 aliphatic rings. The molecule has 0 N–H and O–H groups in total. The molecule has 4 nitrogen and oxygen atoms in total. The zero-order chi connectivity index (χ0) is 60.3. The van der Waals surface area contributed by atoms with E-state index in [0.29, 0.717) is 22.6 Å². The van der Waals surface area contributed by atoms with E-state index in [1.54, 1.807) is 63.2 Å². The Kier molecular flexibility index (Phi) is 7.51. The van der Waals surface area contributed by atoms with Crippen LogP contribution in [0.2, 0.25) is 0 Å². The number of hydrogen-bond acceptors (Lipinski definition) is 4. The van der Waals surface area contributed by atoms with Crippen molar-refractivity contribution in [3.05, 3.63) is 208 Å². The van der Waals surface area contributed by atoms with Crippen molar-refractivity contribution < 1.29 is 56.3 Å². The summed E-state index contributed by atoms with van der Waals surface area (Å²) < 4.78 is 204. The van der Waals surface area contributed by atoms with E-state index < -0.39 is 114 Å². The molecule has 4 heterocycles. The molecule has 314 valence electrons. The molecule has 0 saturated carbocycles. The third kappa shape index (κ3) is 9.79. The van der Waals surface area contributed by atoms with E-state index in [1.165, 1.54) is 30.3 Å². The number of aromatic nitrogens is 3. The quantitative estimate of drug-likeness (QED) is 0.114. The number of rotatable bonds is 12. The molecule has 6 heteroatoms. The van der Waals surface area contributed by atoms with Gasteiger partial charge in [0.2, 0.25) is 0 Å². The molecule has 0 amide bonds. The van der Waals surface area contributed by atoms with Crippen LogP contribution in [0.3, 0.4) is 0 Å². The van der Waals surface area contributed by atoms with Gasteiger partial charge in [-0.15, -0.1) is 90.0 Å². The average molecular weight is 1020 g/mol. The number of fused-ring (bicyclic) bond motifs is 3. The third-order valence-electron chi connectivity index (χ3n) is 9.96. The molecule has 5 aromatic carbocycles. The summed E-state index contributed by atoms with van der Waals surface area (Å²) in [5.41, 5.74) is -5.86. The van der Waals surface area contributed by atoms with Crippen LogP contribution < -0.4 is 0 Å². The third-order valence-corrected chi connectivity index (χ3v) is 9.96. The molecule has 9 aromatic rings. The summed E-state index contributed by atoms with van der Waals surface area (Å²) in [6.45, 7) is -1.12. The summed E-state index contributed by atoms with van der Waals surface area (Å²) in [7, 11) is 0. The van der Waals surface area contributed by atoms with Crippen molar-refractivity contribution in [3.8, 4) is 33.8 Å². The first kappa shape index (κ1) is 25.3. The monoisotopic (exact) mass is 1020 g/mol. The number of aryl methyl sites for hydroxylation is 8. The molecule has 4 aromatic heterocycles. The number of nitrogens with zero attached hydrogens (tertiary/aromatic N) is 3. The first-order chi connectivity index (χ1) is 37.8. The number of pyridine rings is 3. The molecule has 0 aliphatic carbocycles. The van der Waals surface area contributed by atoms with Gasteiger partial charge in [0.05, 0.1) is 8.32 Å². The molecule has 9 rings (SSSR count). The zero-order valence-electron chi connectivity index (χ0n) is 54.0. The molecule has 0 radical (unpaired) electrons. The van der Waals surface area contributed by atoms with Crippen LogP contribution in [0, 0.1) is 37.7 Å². The summed E-state index contributed by atoms with van der Waals surface area (Å²) in [5, 5.41) is 0.644. The van der Waals surface area contributed by atoms with E-state index in [1.807, 2.05) is 0 Å². The van der Waals surface area contributed by atoms with Gasteiger partial charge in [-0.05, 0) is 125 Å². The molecule has 0 bridgehead atoms. The fourth-order valence-corrected chi connectivity index (χ4v) is 6.86. The fraction of sp³-hybridized carbons (Fsp3) is 0.211. The standard InChI is InChI=1S/C57H49FN3O.Ir/c1-37-27-52(42-13-8-6-9-14-42)59-34-44(37)22-19-39-29-40(20-23-45-35-60-53(28-38(45)2)43-15-10-7-11-16-43)31-41(30-39)21-24-46-36-61-54(33-51(46)57(3,4)5)50-18-12-17-49-48-26-25-47(58)32-55(48)62-56(49)50;/h6-13,15,17,25-36H,19-24H2,1-5H3;/q-3;+3/i1D3,2D3,19D2,20D2,21D2,22D2,23D2,24D2,25D,32D;. The Morgan fingerprint density at radius 3 is 1.73 bits per heavy atom. The minimum atomic E-state index is -3.53. The minimum absolute atomic E-state index is 0. The first-order valence-corrected chi connectivity index (χ1v) is 19.5. The van der Waals surface area contributed by atoms with Gasteiger partial charge in [-0.2, -0.15) is 0 Å². The van der Waals surface area contributed by atoms with Gasteiger partial charge in [0.25, 0.3) is 0 Å². The maximum Gasteiger partial charge on any atom is 3.00 e. The topological polar surface area (TPSA) is 51.8 Å². The van der Waals surface area contributed by atoms with Gasteiger partial charge in [-0.25, -0.2) is 4.39 Å². The molecular formula is C57H49FIrN3O. The van der Waals surface area contributed by atoms with Crippen molar-refractivity contribution >= 4 is 21.9 Å². The summed E-state index contributed by atoms with van der Waals surface area (Å²) in [4.78, 5) is 13.1. The van der Waals surface area contributed by atoms with Crippen LogP contribution in [0.15, 0.2) is 138 Å². The second-order valence-electron chi connectivity index (χ2n) is 15.4. The predicted octanol–water partition coefficient (Wildman–Crippen LogP) is 13.6. The normalized spacial score (nSPS) is 18.0. The van der Waals surface area contributed by atoms with Gasteiger partial charge < -0.3 is 19.4 Å². The molecule has 63 heavy (non-hydrogen) atoms. The molecule has 0 spiro atoms. The predicted molar refractivity (Wildman–Crippen MR) is 250 cm³/mol. The van der Waals surface area contributed by atoms with Gasteiger partial charge in [0.1, 0.15) is 11.4 Å². The number of benzene rings is 5. The molecule has 0 unspecified atom stereocenters. The number of halogens is 1. The Labute approximate surface area is 412 Å². The first-order valence-electron chi connectivity index (χ1n) is 29.5. The molecular weight excluding hydrogens is 954 g/mol. The van der Waals surface area contributed by atoms with Gasteiger partial charge in [0.15, 0.2) is 0 Å². The largest absolute Gasteiger partial charge is 3.00 e. The summed E-state index contributed by atoms with van der Waals surface area (Å²) in [6, 6.07) is 30.6. The maximum atomic E-state index is 14.8. The van der Waals surface area contributed by atoms with Crippen LogP contribution in [0.25, 0.3) is 55.7 Å². The Morgan fingerprint density at radius 1 is 0.635 bits per heavy atom. The van der Waals surface area contributed by atoms with Crippen molar-refractivity contribution in [2.24, 2.45) is 0 Å². The van der Waals surface area contributed by atoms with Crippen molar-refractivity contribution in [1.82, 2.24) is 15.0 Å². The van der Waals surface area contributed by atoms with Gasteiger partial charge in [-0.3, -0.25) is 0 Å². The fourth-order valence-electron chi connectivity index (χ4n) is 6.86. The van der Waals surface area contributed by atoms with Crippen LogP contribution in [0.4, 0.5) is 4.39 Å². The second kappa shape index (κ2) is 18.7. The van der Waals surface area contributed by atoms with E-state index in [2.05, 4.69) is 33.2 Å². The molecule has 0 fully saturated rings. The Hall–Kier alpha value is -6.07. The average Bonchev–Trinajstić information content (AvgIpc) is 1.41. The van der Waals surface area contributed by atoms with Crippen molar-refractivity contribution in [3.63, 3.8) is 0 Å². The van der Waals surface area contributed by atoms with Crippen LogP contribution >= 0.6 is 0 Å². The Morgan fingerprint density at radius 2 is 1.19 bits per heavy atom. The molecule has 0 aliphatic heterocycles. The number of hydrogen-bond donors (Lipinski definition) is 0. The Balaban J connectivity index is 0.00000900. The SMILES string of the molecule is [2H]c1cc2c(oc3c(-c4cc(C(C)(C)C)c(C([2H])([2H])C([2H])([2H])c5cc(C([2H])([2H])C([2H])([2H])c6cnc(-c7[c-]cccc7)cc6C([2H])([2H])[2H])cc(C([2H])([2H])C([2H])([2H])c6cnc(-c7[c-]cccc7)cc6C([2H])([2H])[2H])c5)cn4)[c-]ccc32)c([2H])c1F.[Ir+3]. The summed E-state index contributed by atoms with van der Waals surface area (Å²) in [6.07, 6.45) is -18.0. The Bertz CT molecular complexity index is 3810. The van der Waals surface area contributed by atoms with Crippen LogP contribution in [0.1, 0.15) is 98.3 Å². The zero-order valence-corrected chi connectivity index (χ0v) is 36.4. The maximum absolute atomic E-state index is 14.8. The van der Waals surface area contributed by atoms with E-state index >= 15 is 0 Å². The van der Waals surface area contributed by atoms with Crippen LogP contribution in [0.5, 0.6) is 0 Å². The van der Waals surface area contributed by atoms with E-state index in [9.17, 15) is 20.8 Å².